The van der Waals surface area contributed by atoms with E-state index in [1.165, 1.54) is 38.8 Å². The molecule has 2 aliphatic rings. The van der Waals surface area contributed by atoms with Crippen LogP contribution in [0.1, 0.15) is 25.7 Å². The molecule has 0 aromatic heterocycles. The molecular formula is C10H19N2-. The topological polar surface area (TPSA) is 17.3 Å². The summed E-state index contributed by atoms with van der Waals surface area (Å²) in [5.41, 5.74) is 0.703. The van der Waals surface area contributed by atoms with E-state index in [1.54, 1.807) is 0 Å². The van der Waals surface area contributed by atoms with Crippen LogP contribution in [0.2, 0.25) is 0 Å². The van der Waals surface area contributed by atoms with Gasteiger partial charge in [0.15, 0.2) is 0 Å². The fraction of sp³-hybridized carbons (Fsp3) is 1.00. The normalized spacial score (nSPS) is 30.8. The van der Waals surface area contributed by atoms with Crippen molar-refractivity contribution in [2.24, 2.45) is 5.41 Å². The van der Waals surface area contributed by atoms with E-state index in [-0.39, 0.29) is 0 Å². The van der Waals surface area contributed by atoms with E-state index in [0.717, 1.165) is 13.1 Å². The van der Waals surface area contributed by atoms with Crippen LogP contribution in [-0.4, -0.2) is 38.1 Å². The largest absolute Gasteiger partial charge is 0.662 e. The molecule has 2 heteroatoms. The van der Waals surface area contributed by atoms with Crippen molar-refractivity contribution in [3.05, 3.63) is 5.32 Å². The molecule has 0 amide bonds. The van der Waals surface area contributed by atoms with Gasteiger partial charge in [0, 0.05) is 0 Å². The van der Waals surface area contributed by atoms with Gasteiger partial charge in [0.05, 0.1) is 0 Å². The van der Waals surface area contributed by atoms with Gasteiger partial charge in [-0.1, -0.05) is 12.8 Å². The Bertz CT molecular complexity index is 140. The maximum absolute atomic E-state index is 4.43. The summed E-state index contributed by atoms with van der Waals surface area (Å²) < 4.78 is 0. The van der Waals surface area contributed by atoms with Gasteiger partial charge < -0.3 is 10.2 Å². The van der Waals surface area contributed by atoms with Crippen LogP contribution in [0.15, 0.2) is 0 Å². The molecule has 12 heavy (non-hydrogen) atoms. The van der Waals surface area contributed by atoms with Crippen LogP contribution >= 0.6 is 0 Å². The average Bonchev–Trinajstić information content (AvgIpc) is 2.13. The Hall–Kier alpha value is -0.0800. The maximum atomic E-state index is 4.43. The molecule has 2 heterocycles. The zero-order valence-corrected chi connectivity index (χ0v) is 8.05. The highest BCUT2D eigenvalue weighted by atomic mass is 15.1. The third-order valence-electron chi connectivity index (χ3n) is 3.65. The summed E-state index contributed by atoms with van der Waals surface area (Å²) in [5.74, 6) is 0. The van der Waals surface area contributed by atoms with E-state index in [9.17, 15) is 0 Å². The summed E-state index contributed by atoms with van der Waals surface area (Å²) in [6.07, 6.45) is 5.56. The molecular weight excluding hydrogens is 148 g/mol. The molecule has 70 valence electrons. The van der Waals surface area contributed by atoms with E-state index in [1.807, 2.05) is 0 Å². The second kappa shape index (κ2) is 3.35. The van der Waals surface area contributed by atoms with Gasteiger partial charge in [-0.3, -0.25) is 0 Å². The number of piperidine rings is 2. The highest BCUT2D eigenvalue weighted by molar-refractivity contribution is 4.97. The van der Waals surface area contributed by atoms with E-state index in [2.05, 4.69) is 17.3 Å². The van der Waals surface area contributed by atoms with Crippen LogP contribution in [0.3, 0.4) is 0 Å². The van der Waals surface area contributed by atoms with E-state index in [4.69, 9.17) is 0 Å². The van der Waals surface area contributed by atoms with Gasteiger partial charge >= 0.3 is 0 Å². The molecule has 1 spiro atoms. The van der Waals surface area contributed by atoms with Gasteiger partial charge in [-0.25, -0.2) is 0 Å². The minimum atomic E-state index is 0.703. The first-order valence-corrected chi connectivity index (χ1v) is 5.13. The summed E-state index contributed by atoms with van der Waals surface area (Å²) in [6, 6.07) is 0. The van der Waals surface area contributed by atoms with Crippen LogP contribution in [-0.2, 0) is 0 Å². The molecule has 2 rings (SSSR count). The number of hydrogen-bond acceptors (Lipinski definition) is 1. The van der Waals surface area contributed by atoms with Gasteiger partial charge in [-0.05, 0) is 38.4 Å². The second-order valence-corrected chi connectivity index (χ2v) is 4.47. The Labute approximate surface area is 75.3 Å². The highest BCUT2D eigenvalue weighted by Gasteiger charge is 2.31. The molecule has 0 unspecified atom stereocenters. The van der Waals surface area contributed by atoms with Crippen LogP contribution in [0.5, 0.6) is 0 Å². The lowest BCUT2D eigenvalue weighted by atomic mass is 9.72. The van der Waals surface area contributed by atoms with Crippen molar-refractivity contribution in [1.29, 1.82) is 0 Å². The molecule has 2 nitrogen and oxygen atoms in total. The van der Waals surface area contributed by atoms with Gasteiger partial charge in [0.2, 0.25) is 0 Å². The summed E-state index contributed by atoms with van der Waals surface area (Å²) in [5, 5.41) is 4.43. The molecule has 2 aliphatic heterocycles. The van der Waals surface area contributed by atoms with Crippen LogP contribution in [0.4, 0.5) is 0 Å². The van der Waals surface area contributed by atoms with Crippen molar-refractivity contribution < 1.29 is 0 Å². The molecule has 0 aromatic carbocycles. The standard InChI is InChI=1S/C10H19N2/c1-12-8-4-10(5-9-12)2-6-11-7-3-10/h2-9H2,1H3/q-1. The van der Waals surface area contributed by atoms with Gasteiger partial charge in [0.25, 0.3) is 0 Å². The lowest BCUT2D eigenvalue weighted by Crippen LogP contribution is -2.40. The Morgan fingerprint density at radius 1 is 1.00 bits per heavy atom. The quantitative estimate of drug-likeness (QED) is 0.538. The van der Waals surface area contributed by atoms with Crippen LogP contribution in [0.25, 0.3) is 5.32 Å². The smallest absolute Gasteiger partial charge is 0.00165 e. The number of nitrogens with zero attached hydrogens (tertiary/aromatic N) is 2. The molecule has 0 saturated carbocycles. The molecule has 0 N–H and O–H groups in total. The van der Waals surface area contributed by atoms with E-state index in [0.29, 0.717) is 5.41 Å². The van der Waals surface area contributed by atoms with Crippen molar-refractivity contribution in [2.45, 2.75) is 25.7 Å². The summed E-state index contributed by atoms with van der Waals surface area (Å²) in [4.78, 5) is 2.46. The highest BCUT2D eigenvalue weighted by Crippen LogP contribution is 2.41. The van der Waals surface area contributed by atoms with Crippen molar-refractivity contribution in [3.8, 4) is 0 Å². The SMILES string of the molecule is CN1CCC2(CC[N-]CC2)CC1. The van der Waals surface area contributed by atoms with Crippen molar-refractivity contribution >= 4 is 0 Å². The van der Waals surface area contributed by atoms with E-state index < -0.39 is 0 Å². The minimum Gasteiger partial charge on any atom is -0.662 e. The predicted octanol–water partition coefficient (Wildman–Crippen LogP) is 1.87. The molecule has 0 aliphatic carbocycles. The molecule has 2 fully saturated rings. The lowest BCUT2D eigenvalue weighted by molar-refractivity contribution is 0.102. The Morgan fingerprint density at radius 3 is 2.17 bits per heavy atom. The Morgan fingerprint density at radius 2 is 1.58 bits per heavy atom. The van der Waals surface area contributed by atoms with Crippen molar-refractivity contribution in [3.63, 3.8) is 0 Å². The molecule has 0 aromatic rings. The number of hydrogen-bond donors (Lipinski definition) is 0. The summed E-state index contributed by atoms with van der Waals surface area (Å²) in [6.45, 7) is 4.87. The first kappa shape index (κ1) is 8.52. The summed E-state index contributed by atoms with van der Waals surface area (Å²) in [7, 11) is 2.24. The van der Waals surface area contributed by atoms with Crippen molar-refractivity contribution in [2.75, 3.05) is 33.2 Å². The fourth-order valence-electron chi connectivity index (χ4n) is 2.46. The molecule has 0 bridgehead atoms. The van der Waals surface area contributed by atoms with E-state index >= 15 is 0 Å². The summed E-state index contributed by atoms with van der Waals surface area (Å²) >= 11 is 0. The van der Waals surface area contributed by atoms with Crippen LogP contribution in [0, 0.1) is 5.41 Å². The molecule has 2 saturated heterocycles. The first-order valence-electron chi connectivity index (χ1n) is 5.13. The zero-order valence-electron chi connectivity index (χ0n) is 8.05. The zero-order chi connectivity index (χ0) is 8.44. The first-order chi connectivity index (χ1) is 5.81. The fourth-order valence-corrected chi connectivity index (χ4v) is 2.46. The number of rotatable bonds is 0. The third kappa shape index (κ3) is 1.64. The lowest BCUT2D eigenvalue weighted by Gasteiger charge is -2.47. The molecule has 0 radical (unpaired) electrons. The third-order valence-corrected chi connectivity index (χ3v) is 3.65. The van der Waals surface area contributed by atoms with Crippen molar-refractivity contribution in [1.82, 2.24) is 4.90 Å². The van der Waals surface area contributed by atoms with Gasteiger partial charge in [0.1, 0.15) is 0 Å². The Kier molecular flexibility index (Phi) is 2.37. The Balaban J connectivity index is 1.92. The second-order valence-electron chi connectivity index (χ2n) is 4.47. The number of likely N-dealkylation sites (tertiary alicyclic amines) is 1. The molecule has 0 atom stereocenters. The predicted molar refractivity (Wildman–Crippen MR) is 51.5 cm³/mol. The average molecular weight is 167 g/mol. The monoisotopic (exact) mass is 167 g/mol. The van der Waals surface area contributed by atoms with Crippen LogP contribution < -0.4 is 0 Å². The maximum Gasteiger partial charge on any atom is -0.00165 e. The minimum absolute atomic E-state index is 0.703. The van der Waals surface area contributed by atoms with Gasteiger partial charge in [-0.15, -0.1) is 13.1 Å². The van der Waals surface area contributed by atoms with Gasteiger partial charge in [-0.2, -0.15) is 0 Å².